The van der Waals surface area contributed by atoms with Crippen molar-refractivity contribution in [2.45, 2.75) is 117 Å². The average Bonchev–Trinajstić information content (AvgIpc) is 2.97. The molecule has 2 aromatic rings. The number of aliphatic hydroxyl groups is 2. The third kappa shape index (κ3) is 22.2. The van der Waals surface area contributed by atoms with Gasteiger partial charge in [0.25, 0.3) is 0 Å². The van der Waals surface area contributed by atoms with Crippen LogP contribution in [0.4, 0.5) is 0 Å². The van der Waals surface area contributed by atoms with E-state index in [4.69, 9.17) is 19.7 Å². The van der Waals surface area contributed by atoms with Gasteiger partial charge in [0.15, 0.2) is 6.29 Å². The monoisotopic (exact) mass is 558 g/mol. The zero-order chi connectivity index (χ0) is 29.7. The van der Waals surface area contributed by atoms with E-state index < -0.39 is 18.2 Å². The Kier molecular flexibility index (Phi) is 26.0. The van der Waals surface area contributed by atoms with Gasteiger partial charge >= 0.3 is 11.9 Å². The second kappa shape index (κ2) is 27.9. The first kappa shape index (κ1) is 37.3. The Morgan fingerprint density at radius 1 is 0.550 bits per heavy atom. The maximum absolute atomic E-state index is 12.4. The highest BCUT2D eigenvalue weighted by molar-refractivity contribution is 6.03. The SMILES string of the molecule is CCCC(O)O.CCCCCCCCOC(=O)c1ccccc1C(=O)OCCCCCCCC.c1ccccc1. The Labute approximate surface area is 243 Å². The second-order valence-corrected chi connectivity index (χ2v) is 9.78. The van der Waals surface area contributed by atoms with Gasteiger partial charge in [-0.3, -0.25) is 0 Å². The zero-order valence-electron chi connectivity index (χ0n) is 25.2. The largest absolute Gasteiger partial charge is 0.462 e. The lowest BCUT2D eigenvalue weighted by molar-refractivity contribution is -0.0453. The third-order valence-corrected chi connectivity index (χ3v) is 6.04. The number of aliphatic hydroxyl groups excluding tert-OH is 1. The first-order valence-corrected chi connectivity index (χ1v) is 15.3. The number of hydrogen-bond donors (Lipinski definition) is 2. The van der Waals surface area contributed by atoms with Crippen LogP contribution in [0.2, 0.25) is 0 Å². The summed E-state index contributed by atoms with van der Waals surface area (Å²) in [6.45, 7) is 7.08. The predicted molar refractivity (Wildman–Crippen MR) is 163 cm³/mol. The van der Waals surface area contributed by atoms with Crippen LogP contribution in [-0.2, 0) is 9.47 Å². The van der Waals surface area contributed by atoms with Crippen LogP contribution in [0.25, 0.3) is 0 Å². The molecule has 2 aromatic carbocycles. The lowest BCUT2D eigenvalue weighted by atomic mass is 10.1. The first-order chi connectivity index (χ1) is 19.5. The van der Waals surface area contributed by atoms with Gasteiger partial charge in [-0.25, -0.2) is 9.59 Å². The summed E-state index contributed by atoms with van der Waals surface area (Å²) in [4.78, 5) is 24.7. The number of esters is 2. The number of ether oxygens (including phenoxy) is 2. The van der Waals surface area contributed by atoms with Crippen molar-refractivity contribution < 1.29 is 29.3 Å². The van der Waals surface area contributed by atoms with Gasteiger partial charge in [0, 0.05) is 0 Å². The van der Waals surface area contributed by atoms with Gasteiger partial charge in [-0.2, -0.15) is 0 Å². The molecule has 0 atom stereocenters. The molecule has 40 heavy (non-hydrogen) atoms. The van der Waals surface area contributed by atoms with Crippen LogP contribution in [0, 0.1) is 0 Å². The molecule has 0 amide bonds. The van der Waals surface area contributed by atoms with E-state index in [0.717, 1.165) is 32.1 Å². The number of carbonyl (C=O) groups excluding carboxylic acids is 2. The smallest absolute Gasteiger partial charge is 0.339 e. The molecule has 6 heteroatoms. The van der Waals surface area contributed by atoms with E-state index in [2.05, 4.69) is 13.8 Å². The molecule has 0 aliphatic carbocycles. The number of rotatable bonds is 18. The van der Waals surface area contributed by atoms with Crippen LogP contribution in [0.15, 0.2) is 60.7 Å². The fraction of sp³-hybridized carbons (Fsp3) is 0.588. The summed E-state index contributed by atoms with van der Waals surface area (Å²) >= 11 is 0. The molecular weight excluding hydrogens is 504 g/mol. The average molecular weight is 559 g/mol. The topological polar surface area (TPSA) is 93.1 Å². The molecule has 6 nitrogen and oxygen atoms in total. The molecule has 0 fully saturated rings. The van der Waals surface area contributed by atoms with Crippen molar-refractivity contribution >= 4 is 11.9 Å². The lowest BCUT2D eigenvalue weighted by Gasteiger charge is -2.10. The molecule has 0 saturated heterocycles. The van der Waals surface area contributed by atoms with Gasteiger partial charge in [0.05, 0.1) is 24.3 Å². The van der Waals surface area contributed by atoms with E-state index in [1.54, 1.807) is 24.3 Å². The molecule has 0 aromatic heterocycles. The normalized spacial score (nSPS) is 10.2. The van der Waals surface area contributed by atoms with Crippen LogP contribution in [0.1, 0.15) is 131 Å². The van der Waals surface area contributed by atoms with Crippen molar-refractivity contribution in [1.82, 2.24) is 0 Å². The summed E-state index contributed by atoms with van der Waals surface area (Å²) in [7, 11) is 0. The van der Waals surface area contributed by atoms with Gasteiger partial charge < -0.3 is 19.7 Å². The highest BCUT2D eigenvalue weighted by Gasteiger charge is 2.18. The number of carbonyl (C=O) groups is 2. The van der Waals surface area contributed by atoms with Crippen LogP contribution in [0.5, 0.6) is 0 Å². The Morgan fingerprint density at radius 2 is 0.900 bits per heavy atom. The maximum Gasteiger partial charge on any atom is 0.339 e. The quantitative estimate of drug-likeness (QED) is 0.108. The fourth-order valence-corrected chi connectivity index (χ4v) is 3.73. The van der Waals surface area contributed by atoms with Gasteiger partial charge in [-0.05, 0) is 31.4 Å². The second-order valence-electron chi connectivity index (χ2n) is 9.78. The van der Waals surface area contributed by atoms with E-state index in [1.807, 2.05) is 43.3 Å². The van der Waals surface area contributed by atoms with Crippen molar-refractivity contribution in [2.24, 2.45) is 0 Å². The summed E-state index contributed by atoms with van der Waals surface area (Å²) in [6, 6.07) is 18.7. The highest BCUT2D eigenvalue weighted by Crippen LogP contribution is 2.14. The minimum Gasteiger partial charge on any atom is -0.462 e. The molecule has 0 unspecified atom stereocenters. The molecule has 0 spiro atoms. The minimum absolute atomic E-state index is 0.293. The Balaban J connectivity index is 0.00000104. The van der Waals surface area contributed by atoms with Gasteiger partial charge in [0.1, 0.15) is 0 Å². The van der Waals surface area contributed by atoms with Gasteiger partial charge in [-0.1, -0.05) is 140 Å². The van der Waals surface area contributed by atoms with Crippen LogP contribution >= 0.6 is 0 Å². The van der Waals surface area contributed by atoms with Crippen molar-refractivity contribution in [3.8, 4) is 0 Å². The predicted octanol–water partition coefficient (Wildman–Crippen LogP) is 8.51. The standard InChI is InChI=1S/C24H38O4.C6H6.C4H10O2/c1-3-5-7-9-11-15-19-27-23(25)21-17-13-14-18-22(21)24(26)28-20-16-12-10-8-6-4-2;1-2-4-6-5-3-1;1-2-3-4(5)6/h13-14,17-18H,3-12,15-16,19-20H2,1-2H3;1-6H;4-6H,2-3H2,1H3. The van der Waals surface area contributed by atoms with Crippen LogP contribution in [0.3, 0.4) is 0 Å². The Hall–Kier alpha value is -2.70. The minimum atomic E-state index is -1.10. The summed E-state index contributed by atoms with van der Waals surface area (Å²) < 4.78 is 10.7. The number of unbranched alkanes of at least 4 members (excludes halogenated alkanes) is 10. The molecule has 0 heterocycles. The molecule has 0 bridgehead atoms. The van der Waals surface area contributed by atoms with Crippen LogP contribution in [-0.4, -0.2) is 41.7 Å². The number of benzene rings is 2. The molecule has 0 aliphatic heterocycles. The maximum atomic E-state index is 12.4. The Morgan fingerprint density at radius 3 is 1.20 bits per heavy atom. The van der Waals surface area contributed by atoms with E-state index in [-0.39, 0.29) is 0 Å². The summed E-state index contributed by atoms with van der Waals surface area (Å²) in [6.07, 6.45) is 13.8. The van der Waals surface area contributed by atoms with Crippen molar-refractivity contribution in [3.63, 3.8) is 0 Å². The van der Waals surface area contributed by atoms with E-state index in [1.165, 1.54) is 51.4 Å². The van der Waals surface area contributed by atoms with E-state index in [0.29, 0.717) is 30.8 Å². The molecule has 0 saturated carbocycles. The summed E-state index contributed by atoms with van der Waals surface area (Å²) in [5, 5.41) is 16.2. The summed E-state index contributed by atoms with van der Waals surface area (Å²) in [5.41, 5.74) is 0.586. The van der Waals surface area contributed by atoms with Gasteiger partial charge in [0.2, 0.25) is 0 Å². The Bertz CT molecular complexity index is 762. The molecule has 2 N–H and O–H groups in total. The first-order valence-electron chi connectivity index (χ1n) is 15.3. The third-order valence-electron chi connectivity index (χ3n) is 6.04. The highest BCUT2D eigenvalue weighted by atomic mass is 16.5. The van der Waals surface area contributed by atoms with Crippen molar-refractivity contribution in [1.29, 1.82) is 0 Å². The summed E-state index contributed by atoms with van der Waals surface area (Å²) in [5.74, 6) is -0.888. The zero-order valence-corrected chi connectivity index (χ0v) is 25.2. The lowest BCUT2D eigenvalue weighted by Crippen LogP contribution is -2.15. The fourth-order valence-electron chi connectivity index (χ4n) is 3.73. The van der Waals surface area contributed by atoms with Crippen molar-refractivity contribution in [2.75, 3.05) is 13.2 Å². The van der Waals surface area contributed by atoms with E-state index >= 15 is 0 Å². The van der Waals surface area contributed by atoms with Crippen molar-refractivity contribution in [3.05, 3.63) is 71.8 Å². The molecular formula is C34H54O6. The van der Waals surface area contributed by atoms with Crippen LogP contribution < -0.4 is 0 Å². The molecule has 0 radical (unpaired) electrons. The molecule has 2 rings (SSSR count). The van der Waals surface area contributed by atoms with Gasteiger partial charge in [-0.15, -0.1) is 0 Å². The number of hydrogen-bond acceptors (Lipinski definition) is 6. The molecule has 226 valence electrons. The van der Waals surface area contributed by atoms with E-state index in [9.17, 15) is 9.59 Å². The molecule has 0 aliphatic rings.